The largest absolute Gasteiger partial charge is 0.450 e. The number of alkyl carbamates (subject to hydrolysis) is 1. The fourth-order valence-corrected chi connectivity index (χ4v) is 3.12. The van der Waals surface area contributed by atoms with E-state index in [9.17, 15) is 14.4 Å². The molecule has 2 amide bonds. The van der Waals surface area contributed by atoms with E-state index in [1.54, 1.807) is 37.3 Å². The first-order valence-corrected chi connectivity index (χ1v) is 9.95. The van der Waals surface area contributed by atoms with Crippen LogP contribution < -0.4 is 21.0 Å². The van der Waals surface area contributed by atoms with Crippen molar-refractivity contribution in [3.63, 3.8) is 0 Å². The number of benzene rings is 2. The van der Waals surface area contributed by atoms with Gasteiger partial charge in [-0.1, -0.05) is 35.3 Å². The maximum absolute atomic E-state index is 11.9. The number of halogens is 2. The average molecular weight is 489 g/mol. The van der Waals surface area contributed by atoms with Gasteiger partial charge < -0.3 is 9.47 Å². The van der Waals surface area contributed by atoms with E-state index < -0.39 is 17.7 Å². The molecule has 0 spiro atoms. The lowest BCUT2D eigenvalue weighted by atomic mass is 10.2. The molecule has 0 saturated heterocycles. The molecule has 11 nitrogen and oxygen atoms in total. The van der Waals surface area contributed by atoms with Crippen molar-refractivity contribution in [1.82, 2.24) is 15.5 Å². The molecule has 13 heteroatoms. The molecule has 1 aromatic heterocycles. The van der Waals surface area contributed by atoms with E-state index in [0.717, 1.165) is 0 Å². The van der Waals surface area contributed by atoms with Gasteiger partial charge in [-0.25, -0.2) is 9.89 Å². The average Bonchev–Trinajstić information content (AvgIpc) is 2.78. The van der Waals surface area contributed by atoms with Crippen LogP contribution in [0.3, 0.4) is 0 Å². The number of nitriles is 1. The summed E-state index contributed by atoms with van der Waals surface area (Å²) in [5.74, 6) is -0.926. The zero-order chi connectivity index (χ0) is 24.0. The van der Waals surface area contributed by atoms with E-state index in [1.807, 2.05) is 5.32 Å². The molecule has 3 rings (SSSR count). The number of fused-ring (bicyclic) bond motifs is 1. The summed E-state index contributed by atoms with van der Waals surface area (Å²) >= 11 is 12.6. The number of ether oxygens (including phenoxy) is 2. The SMILES string of the molecule is CCOC(=O)NC(=O)/C(C#N)=N\Nc1cc(Cl)c(Oc2n[nH]c(=O)c3ccccc23)c(Cl)c1. The number of hydrogen-bond donors (Lipinski definition) is 3. The number of carbonyl (C=O) groups excluding carboxylic acids is 2. The molecule has 0 aliphatic carbocycles. The Hall–Kier alpha value is -4.14. The summed E-state index contributed by atoms with van der Waals surface area (Å²) in [4.78, 5) is 35.1. The van der Waals surface area contributed by atoms with Crippen LogP contribution >= 0.6 is 23.2 Å². The third-order valence-electron chi connectivity index (χ3n) is 3.97. The van der Waals surface area contributed by atoms with Crippen molar-refractivity contribution < 1.29 is 19.1 Å². The van der Waals surface area contributed by atoms with Crippen LogP contribution in [0.4, 0.5) is 10.5 Å². The minimum Gasteiger partial charge on any atom is -0.450 e. The number of aromatic amines is 1. The number of amides is 2. The summed E-state index contributed by atoms with van der Waals surface area (Å²) in [5, 5.41) is 21.7. The molecule has 0 aliphatic rings. The van der Waals surface area contributed by atoms with Crippen molar-refractivity contribution in [2.75, 3.05) is 12.0 Å². The molecule has 0 bridgehead atoms. The molecule has 3 N–H and O–H groups in total. The van der Waals surface area contributed by atoms with Crippen molar-refractivity contribution in [3.05, 3.63) is 56.8 Å². The van der Waals surface area contributed by atoms with Gasteiger partial charge in [-0.15, -0.1) is 5.10 Å². The Kier molecular flexibility index (Phi) is 7.45. The highest BCUT2D eigenvalue weighted by Crippen LogP contribution is 2.39. The van der Waals surface area contributed by atoms with Gasteiger partial charge in [0.2, 0.25) is 11.6 Å². The van der Waals surface area contributed by atoms with Gasteiger partial charge in [0, 0.05) is 0 Å². The molecule has 0 unspecified atom stereocenters. The minimum absolute atomic E-state index is 0.0478. The number of H-pyrrole nitrogens is 1. The second kappa shape index (κ2) is 10.4. The maximum Gasteiger partial charge on any atom is 0.414 e. The van der Waals surface area contributed by atoms with E-state index >= 15 is 0 Å². The van der Waals surface area contributed by atoms with Gasteiger partial charge in [0.15, 0.2) is 5.75 Å². The van der Waals surface area contributed by atoms with Gasteiger partial charge in [-0.3, -0.25) is 20.3 Å². The van der Waals surface area contributed by atoms with E-state index in [1.165, 1.54) is 12.1 Å². The van der Waals surface area contributed by atoms with Gasteiger partial charge >= 0.3 is 6.09 Å². The van der Waals surface area contributed by atoms with Crippen molar-refractivity contribution in [2.24, 2.45) is 5.10 Å². The predicted molar refractivity (Wildman–Crippen MR) is 121 cm³/mol. The van der Waals surface area contributed by atoms with Crippen LogP contribution in [-0.2, 0) is 9.53 Å². The first-order valence-electron chi connectivity index (χ1n) is 9.20. The lowest BCUT2D eigenvalue weighted by Crippen LogP contribution is -2.36. The quantitative estimate of drug-likeness (QED) is 0.350. The number of carbonyl (C=O) groups is 2. The Balaban J connectivity index is 1.82. The summed E-state index contributed by atoms with van der Waals surface area (Å²) in [6, 6.07) is 11.0. The van der Waals surface area contributed by atoms with Crippen LogP contribution in [0.5, 0.6) is 11.6 Å². The standard InChI is InChI=1S/C20H14Cl2N6O5/c1-2-32-20(31)24-18(30)15(9-23)26-25-10-7-13(21)16(14(22)8-10)33-19-12-6-4-3-5-11(12)17(29)27-28-19/h3-8,25H,2H2,1H3,(H,27,29)(H,24,30,31)/b26-15-. The van der Waals surface area contributed by atoms with Crippen LogP contribution in [0.25, 0.3) is 10.8 Å². The van der Waals surface area contributed by atoms with Gasteiger partial charge in [-0.05, 0) is 31.2 Å². The normalized spacial score (nSPS) is 10.9. The first-order chi connectivity index (χ1) is 15.8. The number of aromatic nitrogens is 2. The number of nitrogens with zero attached hydrogens (tertiary/aromatic N) is 3. The Morgan fingerprint density at radius 2 is 1.88 bits per heavy atom. The first kappa shape index (κ1) is 23.5. The molecular weight excluding hydrogens is 475 g/mol. The number of nitrogens with one attached hydrogen (secondary N) is 3. The van der Waals surface area contributed by atoms with Gasteiger partial charge in [0.1, 0.15) is 6.07 Å². The number of anilines is 1. The smallest absolute Gasteiger partial charge is 0.414 e. The Labute approximate surface area is 195 Å². The molecule has 0 fully saturated rings. The van der Waals surface area contributed by atoms with Crippen molar-refractivity contribution in [1.29, 1.82) is 5.26 Å². The highest BCUT2D eigenvalue weighted by Gasteiger charge is 2.17. The van der Waals surface area contributed by atoms with Gasteiger partial charge in [-0.2, -0.15) is 10.4 Å². The van der Waals surface area contributed by atoms with E-state index in [-0.39, 0.29) is 39.5 Å². The van der Waals surface area contributed by atoms with E-state index in [4.69, 9.17) is 33.2 Å². The molecule has 33 heavy (non-hydrogen) atoms. The molecule has 2 aromatic carbocycles. The zero-order valence-corrected chi connectivity index (χ0v) is 18.3. The highest BCUT2D eigenvalue weighted by molar-refractivity contribution is 6.47. The summed E-state index contributed by atoms with van der Waals surface area (Å²) in [7, 11) is 0. The number of hydrazone groups is 1. The number of imide groups is 1. The fourth-order valence-electron chi connectivity index (χ4n) is 2.55. The van der Waals surface area contributed by atoms with E-state index in [0.29, 0.717) is 10.8 Å². The van der Waals surface area contributed by atoms with Gasteiger partial charge in [0.25, 0.3) is 11.5 Å². The van der Waals surface area contributed by atoms with Crippen LogP contribution in [-0.4, -0.2) is 34.5 Å². The fraction of sp³-hybridized carbons (Fsp3) is 0.100. The summed E-state index contributed by atoms with van der Waals surface area (Å²) < 4.78 is 10.3. The Morgan fingerprint density at radius 1 is 1.21 bits per heavy atom. The van der Waals surface area contributed by atoms with Crippen LogP contribution in [0, 0.1) is 11.3 Å². The Bertz CT molecular complexity index is 1340. The van der Waals surface area contributed by atoms with Crippen LogP contribution in [0.15, 0.2) is 46.3 Å². The summed E-state index contributed by atoms with van der Waals surface area (Å²) in [5.41, 5.74) is 1.65. The molecule has 168 valence electrons. The predicted octanol–water partition coefficient (Wildman–Crippen LogP) is 3.59. The molecule has 0 atom stereocenters. The molecular formula is C20H14Cl2N6O5. The van der Waals surface area contributed by atoms with Crippen LogP contribution in [0.2, 0.25) is 10.0 Å². The van der Waals surface area contributed by atoms with Crippen molar-refractivity contribution >= 4 is 57.4 Å². The second-order valence-electron chi connectivity index (χ2n) is 6.13. The monoisotopic (exact) mass is 488 g/mol. The minimum atomic E-state index is -1.06. The molecule has 0 aliphatic heterocycles. The number of hydrogen-bond acceptors (Lipinski definition) is 9. The maximum atomic E-state index is 11.9. The lowest BCUT2D eigenvalue weighted by Gasteiger charge is -2.12. The Morgan fingerprint density at radius 3 is 2.52 bits per heavy atom. The van der Waals surface area contributed by atoms with Crippen molar-refractivity contribution in [2.45, 2.75) is 6.92 Å². The van der Waals surface area contributed by atoms with E-state index in [2.05, 4.69) is 25.5 Å². The number of rotatable bonds is 6. The van der Waals surface area contributed by atoms with Crippen LogP contribution in [0.1, 0.15) is 6.92 Å². The summed E-state index contributed by atoms with van der Waals surface area (Å²) in [6.45, 7) is 1.60. The molecule has 0 radical (unpaired) electrons. The topological polar surface area (TPSA) is 159 Å². The van der Waals surface area contributed by atoms with Crippen molar-refractivity contribution in [3.8, 4) is 17.7 Å². The van der Waals surface area contributed by atoms with Gasteiger partial charge in [0.05, 0.1) is 33.1 Å². The zero-order valence-electron chi connectivity index (χ0n) is 16.8. The highest BCUT2D eigenvalue weighted by atomic mass is 35.5. The third-order valence-corrected chi connectivity index (χ3v) is 4.53. The summed E-state index contributed by atoms with van der Waals surface area (Å²) in [6.07, 6.45) is -1.01. The lowest BCUT2D eigenvalue weighted by molar-refractivity contribution is -0.114. The molecule has 1 heterocycles. The molecule has 3 aromatic rings. The second-order valence-corrected chi connectivity index (χ2v) is 6.95. The third kappa shape index (κ3) is 5.57. The molecule has 0 saturated carbocycles.